The van der Waals surface area contributed by atoms with Crippen molar-refractivity contribution in [3.05, 3.63) is 34.2 Å². The Morgan fingerprint density at radius 3 is 2.86 bits per heavy atom. The van der Waals surface area contributed by atoms with E-state index in [9.17, 15) is 4.79 Å². The van der Waals surface area contributed by atoms with Crippen molar-refractivity contribution in [3.63, 3.8) is 0 Å². The summed E-state index contributed by atoms with van der Waals surface area (Å²) in [7, 11) is 1.93. The molecule has 0 bridgehead atoms. The van der Waals surface area contributed by atoms with Crippen molar-refractivity contribution >= 4 is 0 Å². The van der Waals surface area contributed by atoms with Gasteiger partial charge in [0.15, 0.2) is 0 Å². The second kappa shape index (κ2) is 4.96. The zero-order valence-electron chi connectivity index (χ0n) is 9.08. The Morgan fingerprint density at radius 1 is 1.57 bits per heavy atom. The van der Waals surface area contributed by atoms with Crippen molar-refractivity contribution in [2.45, 2.75) is 32.9 Å². The van der Waals surface area contributed by atoms with Crippen LogP contribution in [0, 0.1) is 6.92 Å². The van der Waals surface area contributed by atoms with E-state index in [2.05, 4.69) is 12.2 Å². The van der Waals surface area contributed by atoms with E-state index in [1.807, 2.05) is 26.2 Å². The van der Waals surface area contributed by atoms with Gasteiger partial charge in [-0.2, -0.15) is 0 Å². The van der Waals surface area contributed by atoms with Crippen LogP contribution in [0.15, 0.2) is 23.1 Å². The molecular formula is C11H18N2O. The number of nitrogens with zero attached hydrogens (tertiary/aromatic N) is 1. The average Bonchev–Trinajstić information content (AvgIpc) is 2.16. The summed E-state index contributed by atoms with van der Waals surface area (Å²) >= 11 is 0. The summed E-state index contributed by atoms with van der Waals surface area (Å²) in [5.74, 6) is 0. The van der Waals surface area contributed by atoms with Crippen LogP contribution in [0.5, 0.6) is 0 Å². The Labute approximate surface area is 84.8 Å². The van der Waals surface area contributed by atoms with Crippen molar-refractivity contribution in [2.24, 2.45) is 0 Å². The standard InChI is InChI=1S/C11H18N2O/c1-9-4-6-13(11(14)8-9)7-5-10(2)12-3/h4,6,8,10,12H,5,7H2,1-3H3. The molecule has 0 aliphatic carbocycles. The van der Waals surface area contributed by atoms with E-state index in [0.29, 0.717) is 6.04 Å². The third-order valence-electron chi connectivity index (χ3n) is 2.45. The average molecular weight is 194 g/mol. The molecule has 1 rings (SSSR count). The maximum Gasteiger partial charge on any atom is 0.250 e. The number of aromatic nitrogens is 1. The summed E-state index contributed by atoms with van der Waals surface area (Å²) in [6.45, 7) is 4.82. The Balaban J connectivity index is 2.64. The Kier molecular flexibility index (Phi) is 3.89. The first-order valence-corrected chi connectivity index (χ1v) is 4.98. The highest BCUT2D eigenvalue weighted by molar-refractivity contribution is 5.07. The third kappa shape index (κ3) is 3.00. The molecule has 0 aromatic carbocycles. The van der Waals surface area contributed by atoms with Gasteiger partial charge < -0.3 is 9.88 Å². The number of hydrogen-bond donors (Lipinski definition) is 1. The van der Waals surface area contributed by atoms with Crippen LogP contribution in [0.1, 0.15) is 18.9 Å². The first kappa shape index (κ1) is 11.0. The molecule has 78 valence electrons. The second-order valence-corrected chi connectivity index (χ2v) is 3.71. The predicted molar refractivity (Wildman–Crippen MR) is 58.6 cm³/mol. The molecular weight excluding hydrogens is 176 g/mol. The molecule has 14 heavy (non-hydrogen) atoms. The smallest absolute Gasteiger partial charge is 0.250 e. The van der Waals surface area contributed by atoms with Gasteiger partial charge >= 0.3 is 0 Å². The van der Waals surface area contributed by atoms with Crippen molar-refractivity contribution in [1.29, 1.82) is 0 Å². The lowest BCUT2D eigenvalue weighted by Crippen LogP contribution is -2.26. The van der Waals surface area contributed by atoms with E-state index in [4.69, 9.17) is 0 Å². The van der Waals surface area contributed by atoms with Crippen LogP contribution in [0.3, 0.4) is 0 Å². The molecule has 1 aromatic heterocycles. The lowest BCUT2D eigenvalue weighted by atomic mass is 10.2. The van der Waals surface area contributed by atoms with Gasteiger partial charge in [0.05, 0.1) is 0 Å². The van der Waals surface area contributed by atoms with E-state index in [-0.39, 0.29) is 5.56 Å². The van der Waals surface area contributed by atoms with E-state index in [1.165, 1.54) is 0 Å². The maximum absolute atomic E-state index is 11.5. The van der Waals surface area contributed by atoms with Gasteiger partial charge in [-0.1, -0.05) is 0 Å². The van der Waals surface area contributed by atoms with E-state index < -0.39 is 0 Å². The quantitative estimate of drug-likeness (QED) is 0.780. The Morgan fingerprint density at radius 2 is 2.29 bits per heavy atom. The van der Waals surface area contributed by atoms with Crippen molar-refractivity contribution < 1.29 is 0 Å². The van der Waals surface area contributed by atoms with Gasteiger partial charge in [0.25, 0.3) is 5.56 Å². The highest BCUT2D eigenvalue weighted by Gasteiger charge is 2.00. The lowest BCUT2D eigenvalue weighted by molar-refractivity contribution is 0.503. The van der Waals surface area contributed by atoms with Gasteiger partial charge in [-0.05, 0) is 38.9 Å². The molecule has 0 fully saturated rings. The Bertz CT molecular complexity index is 343. The molecule has 1 aromatic rings. The van der Waals surface area contributed by atoms with Gasteiger partial charge in [0.1, 0.15) is 0 Å². The van der Waals surface area contributed by atoms with Crippen LogP contribution in [-0.2, 0) is 6.54 Å². The highest BCUT2D eigenvalue weighted by Crippen LogP contribution is 1.95. The monoisotopic (exact) mass is 194 g/mol. The van der Waals surface area contributed by atoms with Gasteiger partial charge in [0.2, 0.25) is 0 Å². The molecule has 0 aliphatic rings. The van der Waals surface area contributed by atoms with Gasteiger partial charge in [-0.15, -0.1) is 0 Å². The number of aryl methyl sites for hydroxylation is 2. The summed E-state index contributed by atoms with van der Waals surface area (Å²) in [6, 6.07) is 4.08. The van der Waals surface area contributed by atoms with Crippen molar-refractivity contribution in [3.8, 4) is 0 Å². The molecule has 0 amide bonds. The largest absolute Gasteiger partial charge is 0.317 e. The number of pyridine rings is 1. The summed E-state index contributed by atoms with van der Waals surface area (Å²) < 4.78 is 1.75. The fourth-order valence-corrected chi connectivity index (χ4v) is 1.27. The fourth-order valence-electron chi connectivity index (χ4n) is 1.27. The van der Waals surface area contributed by atoms with Crippen molar-refractivity contribution in [2.75, 3.05) is 7.05 Å². The summed E-state index contributed by atoms with van der Waals surface area (Å²) in [5, 5.41) is 3.15. The number of rotatable bonds is 4. The minimum atomic E-state index is 0.0910. The molecule has 0 saturated carbocycles. The molecule has 0 aliphatic heterocycles. The molecule has 1 unspecified atom stereocenters. The number of hydrogen-bond acceptors (Lipinski definition) is 2. The van der Waals surface area contributed by atoms with Crippen LogP contribution >= 0.6 is 0 Å². The SMILES string of the molecule is CNC(C)CCn1ccc(C)cc1=O. The zero-order valence-corrected chi connectivity index (χ0v) is 9.08. The predicted octanol–water partition coefficient (Wildman–Crippen LogP) is 1.15. The zero-order chi connectivity index (χ0) is 10.6. The van der Waals surface area contributed by atoms with Crippen LogP contribution < -0.4 is 10.9 Å². The van der Waals surface area contributed by atoms with Crippen LogP contribution in [-0.4, -0.2) is 17.7 Å². The van der Waals surface area contributed by atoms with Gasteiger partial charge in [0, 0.05) is 24.8 Å². The molecule has 0 radical (unpaired) electrons. The van der Waals surface area contributed by atoms with Crippen LogP contribution in [0.25, 0.3) is 0 Å². The minimum Gasteiger partial charge on any atom is -0.317 e. The summed E-state index contributed by atoms with van der Waals surface area (Å²) in [5.41, 5.74) is 1.11. The van der Waals surface area contributed by atoms with Crippen LogP contribution in [0.4, 0.5) is 0 Å². The lowest BCUT2D eigenvalue weighted by Gasteiger charge is -2.11. The molecule has 0 spiro atoms. The maximum atomic E-state index is 11.5. The van der Waals surface area contributed by atoms with Crippen molar-refractivity contribution in [1.82, 2.24) is 9.88 Å². The minimum absolute atomic E-state index is 0.0910. The van der Waals surface area contributed by atoms with E-state index >= 15 is 0 Å². The van der Waals surface area contributed by atoms with Crippen LogP contribution in [0.2, 0.25) is 0 Å². The first-order chi connectivity index (χ1) is 6.63. The highest BCUT2D eigenvalue weighted by atomic mass is 16.1. The first-order valence-electron chi connectivity index (χ1n) is 4.98. The topological polar surface area (TPSA) is 34.0 Å². The van der Waals surface area contributed by atoms with Gasteiger partial charge in [-0.3, -0.25) is 4.79 Å². The molecule has 1 atom stereocenters. The molecule has 3 nitrogen and oxygen atoms in total. The summed E-state index contributed by atoms with van der Waals surface area (Å²) in [4.78, 5) is 11.5. The van der Waals surface area contributed by atoms with Gasteiger partial charge in [-0.25, -0.2) is 0 Å². The summed E-state index contributed by atoms with van der Waals surface area (Å²) in [6.07, 6.45) is 2.83. The van der Waals surface area contributed by atoms with E-state index in [0.717, 1.165) is 18.5 Å². The third-order valence-corrected chi connectivity index (χ3v) is 2.45. The normalized spacial score (nSPS) is 12.8. The molecule has 1 heterocycles. The molecule has 3 heteroatoms. The second-order valence-electron chi connectivity index (χ2n) is 3.71. The molecule has 0 saturated heterocycles. The Hall–Kier alpha value is -1.09. The number of nitrogens with one attached hydrogen (secondary N) is 1. The molecule has 1 N–H and O–H groups in total. The van der Waals surface area contributed by atoms with E-state index in [1.54, 1.807) is 10.6 Å². The fraction of sp³-hybridized carbons (Fsp3) is 0.545.